The number of aryl methyl sites for hydroxylation is 1. The van der Waals surface area contributed by atoms with Gasteiger partial charge >= 0.3 is 0 Å². The third-order valence-electron chi connectivity index (χ3n) is 17.5. The lowest BCUT2D eigenvalue weighted by Crippen LogP contribution is -2.28. The van der Waals surface area contributed by atoms with Crippen molar-refractivity contribution >= 4 is 23.1 Å². The average Bonchev–Trinajstić information content (AvgIpc) is 3.46. The van der Waals surface area contributed by atoms with Crippen molar-refractivity contribution in [3.05, 3.63) is 359 Å². The second-order valence-corrected chi connectivity index (χ2v) is 21.5. The largest absolute Gasteiger partial charge is 0.310 e. The Morgan fingerprint density at radius 2 is 0.750 bits per heavy atom. The van der Waals surface area contributed by atoms with E-state index in [4.69, 9.17) is 0 Å². The molecule has 376 valence electrons. The van der Waals surface area contributed by atoms with E-state index in [1.165, 1.54) is 122 Å². The molecule has 15 rings (SSSR count). The number of hydrogen-bond acceptors (Lipinski definition) is 1. The SMILES string of the molecule is C=C/C=C\c1cc2c(cc1C)C1(c3ccccc3-2)c2ccccc2-c2c(-c3ccc(N(c4ccc(-c5ccccc5)cc4)c4ccc5c(c4)C(c4ccccc4)(c4ccc(-c6ccccc6)cc4)c4ccccc4-5)cc3)cccc21. The molecule has 3 aliphatic carbocycles. The summed E-state index contributed by atoms with van der Waals surface area (Å²) >= 11 is 0. The summed E-state index contributed by atoms with van der Waals surface area (Å²) in [7, 11) is 0. The van der Waals surface area contributed by atoms with Crippen LogP contribution in [0, 0.1) is 6.92 Å². The summed E-state index contributed by atoms with van der Waals surface area (Å²) in [6.07, 6.45) is 6.08. The van der Waals surface area contributed by atoms with Crippen LogP contribution in [0.3, 0.4) is 0 Å². The van der Waals surface area contributed by atoms with Gasteiger partial charge in [0.15, 0.2) is 0 Å². The van der Waals surface area contributed by atoms with Crippen molar-refractivity contribution in [1.82, 2.24) is 0 Å². The highest BCUT2D eigenvalue weighted by molar-refractivity contribution is 6.01. The van der Waals surface area contributed by atoms with Crippen LogP contribution in [0.1, 0.15) is 55.6 Å². The molecule has 2 atom stereocenters. The molecule has 0 amide bonds. The molecule has 12 aromatic carbocycles. The van der Waals surface area contributed by atoms with E-state index >= 15 is 0 Å². The van der Waals surface area contributed by atoms with E-state index in [1.807, 2.05) is 12.2 Å². The Bertz CT molecular complexity index is 4400. The molecule has 80 heavy (non-hydrogen) atoms. The molecule has 0 saturated heterocycles. The molecule has 0 radical (unpaired) electrons. The van der Waals surface area contributed by atoms with Crippen molar-refractivity contribution < 1.29 is 0 Å². The minimum atomic E-state index is -0.587. The first-order chi connectivity index (χ1) is 39.5. The predicted octanol–water partition coefficient (Wildman–Crippen LogP) is 20.4. The number of fused-ring (bicyclic) bond motifs is 13. The lowest BCUT2D eigenvalue weighted by atomic mass is 9.67. The van der Waals surface area contributed by atoms with E-state index in [1.54, 1.807) is 0 Å². The number of nitrogens with zero attached hydrogens (tertiary/aromatic N) is 1. The number of hydrogen-bond donors (Lipinski definition) is 0. The molecule has 1 heteroatoms. The molecule has 0 fully saturated rings. The van der Waals surface area contributed by atoms with Crippen molar-refractivity contribution in [3.63, 3.8) is 0 Å². The van der Waals surface area contributed by atoms with Crippen molar-refractivity contribution in [2.24, 2.45) is 0 Å². The predicted molar refractivity (Wildman–Crippen MR) is 335 cm³/mol. The van der Waals surface area contributed by atoms with Crippen LogP contribution < -0.4 is 4.90 Å². The molecule has 2 unspecified atom stereocenters. The molecule has 1 nitrogen and oxygen atoms in total. The Morgan fingerprint density at radius 3 is 1.38 bits per heavy atom. The number of anilines is 3. The Morgan fingerprint density at radius 1 is 0.312 bits per heavy atom. The van der Waals surface area contributed by atoms with E-state index in [2.05, 4.69) is 310 Å². The lowest BCUT2D eigenvalue weighted by Gasteiger charge is -2.35. The highest BCUT2D eigenvalue weighted by Crippen LogP contribution is 2.65. The van der Waals surface area contributed by atoms with Gasteiger partial charge in [-0.2, -0.15) is 0 Å². The number of rotatable bonds is 10. The lowest BCUT2D eigenvalue weighted by molar-refractivity contribution is 0.768. The van der Waals surface area contributed by atoms with Crippen molar-refractivity contribution in [3.8, 4) is 66.8 Å². The monoisotopic (exact) mass is 1020 g/mol. The van der Waals surface area contributed by atoms with Gasteiger partial charge < -0.3 is 4.90 Å². The maximum absolute atomic E-state index is 3.97. The zero-order valence-corrected chi connectivity index (χ0v) is 44.5. The fourth-order valence-corrected chi connectivity index (χ4v) is 14.0. The summed E-state index contributed by atoms with van der Waals surface area (Å²) in [5.41, 5.74) is 29.9. The first-order valence-electron chi connectivity index (χ1n) is 27.8. The van der Waals surface area contributed by atoms with Crippen LogP contribution in [0.2, 0.25) is 0 Å². The maximum Gasteiger partial charge on any atom is 0.0725 e. The van der Waals surface area contributed by atoms with Gasteiger partial charge in [0.05, 0.1) is 10.8 Å². The topological polar surface area (TPSA) is 3.24 Å². The minimum Gasteiger partial charge on any atom is -0.310 e. The van der Waals surface area contributed by atoms with Gasteiger partial charge in [-0.05, 0) is 172 Å². The molecule has 3 aliphatic rings. The zero-order valence-electron chi connectivity index (χ0n) is 44.5. The molecule has 1 spiro atoms. The Balaban J connectivity index is 0.899. The standard InChI is InChI=1S/C79H55N/c1-3-4-21-59-51-70-67-29-15-18-33-72(67)79(75(70)50-53(59)2)73-34-19-16-30-69(73)77-65(31-20-35-74(77)79)58-40-46-63(47-41-58)80(62-44-38-57(39-45-62)55-24-10-6-11-25-55)64-48-49-68-66-28-14-17-32-71(66)78(76(68)52-64,60-26-12-7-13-27-60)61-42-36-56(37-43-61)54-22-8-5-9-23-54/h3-52H,1H2,2H3/b21-4-. The third kappa shape index (κ3) is 7.04. The second-order valence-electron chi connectivity index (χ2n) is 21.5. The van der Waals surface area contributed by atoms with Gasteiger partial charge in [-0.1, -0.05) is 267 Å². The third-order valence-corrected chi connectivity index (χ3v) is 17.5. The van der Waals surface area contributed by atoms with E-state index in [0.29, 0.717) is 0 Å². The Kier molecular flexibility index (Phi) is 11.1. The maximum atomic E-state index is 3.97. The quantitative estimate of drug-likeness (QED) is 0.123. The summed E-state index contributed by atoms with van der Waals surface area (Å²) in [5, 5.41) is 0. The molecule has 0 saturated carbocycles. The molecular weight excluding hydrogens is 963 g/mol. The smallest absolute Gasteiger partial charge is 0.0725 e. The molecule has 12 aromatic rings. The van der Waals surface area contributed by atoms with E-state index < -0.39 is 10.8 Å². The molecule has 0 aromatic heterocycles. The number of benzene rings is 12. The molecular formula is C79H55N. The van der Waals surface area contributed by atoms with Crippen molar-refractivity contribution in [2.75, 3.05) is 4.90 Å². The normalized spacial score (nSPS) is 15.9. The van der Waals surface area contributed by atoms with Crippen LogP contribution in [0.25, 0.3) is 72.8 Å². The van der Waals surface area contributed by atoms with Gasteiger partial charge in [-0.15, -0.1) is 0 Å². The molecule has 0 heterocycles. The van der Waals surface area contributed by atoms with Gasteiger partial charge in [0.2, 0.25) is 0 Å². The minimum absolute atomic E-state index is 0.464. The summed E-state index contributed by atoms with van der Waals surface area (Å²) in [5.74, 6) is 0. The summed E-state index contributed by atoms with van der Waals surface area (Å²) in [6.45, 7) is 6.21. The Labute approximate surface area is 469 Å². The fraction of sp³-hybridized carbons (Fsp3) is 0.0380. The first-order valence-corrected chi connectivity index (χ1v) is 27.8. The Hall–Kier alpha value is -10.1. The molecule has 0 N–H and O–H groups in total. The zero-order chi connectivity index (χ0) is 53.4. The van der Waals surface area contributed by atoms with Crippen LogP contribution in [-0.4, -0.2) is 0 Å². The molecule has 0 aliphatic heterocycles. The first kappa shape index (κ1) is 47.2. The summed E-state index contributed by atoms with van der Waals surface area (Å²) in [6, 6.07) is 107. The van der Waals surface area contributed by atoms with E-state index in [9.17, 15) is 0 Å². The average molecular weight is 1020 g/mol. The summed E-state index contributed by atoms with van der Waals surface area (Å²) < 4.78 is 0. The van der Waals surface area contributed by atoms with Crippen molar-refractivity contribution in [1.29, 1.82) is 0 Å². The highest BCUT2D eigenvalue weighted by Gasteiger charge is 2.52. The van der Waals surface area contributed by atoms with Crippen LogP contribution in [-0.2, 0) is 10.8 Å². The van der Waals surface area contributed by atoms with E-state index in [0.717, 1.165) is 17.1 Å². The van der Waals surface area contributed by atoms with Crippen LogP contribution in [0.4, 0.5) is 17.1 Å². The number of allylic oxidation sites excluding steroid dienone is 2. The van der Waals surface area contributed by atoms with Gasteiger partial charge in [0.25, 0.3) is 0 Å². The van der Waals surface area contributed by atoms with E-state index in [-0.39, 0.29) is 0 Å². The van der Waals surface area contributed by atoms with Gasteiger partial charge in [0, 0.05) is 17.1 Å². The molecule has 0 bridgehead atoms. The van der Waals surface area contributed by atoms with Gasteiger partial charge in [0.1, 0.15) is 0 Å². The second kappa shape index (κ2) is 18.8. The fourth-order valence-electron chi connectivity index (χ4n) is 14.0. The summed E-state index contributed by atoms with van der Waals surface area (Å²) in [4.78, 5) is 2.45. The van der Waals surface area contributed by atoms with Crippen LogP contribution in [0.5, 0.6) is 0 Å². The van der Waals surface area contributed by atoms with Crippen LogP contribution in [0.15, 0.2) is 304 Å². The van der Waals surface area contributed by atoms with Gasteiger partial charge in [-0.25, -0.2) is 0 Å². The van der Waals surface area contributed by atoms with Gasteiger partial charge in [-0.3, -0.25) is 0 Å². The van der Waals surface area contributed by atoms with Crippen molar-refractivity contribution in [2.45, 2.75) is 17.8 Å². The van der Waals surface area contributed by atoms with Crippen LogP contribution >= 0.6 is 0 Å². The highest BCUT2D eigenvalue weighted by atomic mass is 15.1.